The zero-order chi connectivity index (χ0) is 13.1. The van der Waals surface area contributed by atoms with Gasteiger partial charge in [-0.3, -0.25) is 4.98 Å². The molecule has 1 aromatic heterocycles. The number of hydrogen-bond donors (Lipinski definition) is 1. The molecule has 0 fully saturated rings. The number of aryl methyl sites for hydroxylation is 1. The highest BCUT2D eigenvalue weighted by Gasteiger charge is 2.17. The normalized spacial score (nSPS) is 12.4. The van der Waals surface area contributed by atoms with E-state index >= 15 is 0 Å². The van der Waals surface area contributed by atoms with E-state index in [0.717, 1.165) is 16.7 Å². The van der Waals surface area contributed by atoms with Gasteiger partial charge < -0.3 is 5.32 Å². The second-order valence-corrected chi connectivity index (χ2v) is 4.95. The Morgan fingerprint density at radius 1 is 1.33 bits per heavy atom. The minimum atomic E-state index is -0.256. The zero-order valence-corrected chi connectivity index (χ0v) is 11.8. The van der Waals surface area contributed by atoms with E-state index in [1.807, 2.05) is 26.1 Å². The van der Waals surface area contributed by atoms with Gasteiger partial charge in [0, 0.05) is 12.4 Å². The van der Waals surface area contributed by atoms with Crippen molar-refractivity contribution in [2.75, 3.05) is 7.05 Å². The summed E-state index contributed by atoms with van der Waals surface area (Å²) in [6.07, 6.45) is 3.60. The van der Waals surface area contributed by atoms with Crippen molar-refractivity contribution in [1.29, 1.82) is 0 Å². The van der Waals surface area contributed by atoms with Crippen molar-refractivity contribution < 1.29 is 4.39 Å². The summed E-state index contributed by atoms with van der Waals surface area (Å²) in [6, 6.07) is 7.02. The number of halogens is 2. The van der Waals surface area contributed by atoms with Crippen molar-refractivity contribution in [3.63, 3.8) is 0 Å². The number of benzene rings is 1. The number of hydrogen-bond acceptors (Lipinski definition) is 2. The third kappa shape index (κ3) is 2.60. The number of rotatable bonds is 3. The molecule has 1 heterocycles. The van der Waals surface area contributed by atoms with Crippen molar-refractivity contribution in [3.8, 4) is 0 Å². The zero-order valence-electron chi connectivity index (χ0n) is 10.2. The van der Waals surface area contributed by atoms with Crippen molar-refractivity contribution in [2.24, 2.45) is 0 Å². The summed E-state index contributed by atoms with van der Waals surface area (Å²) in [7, 11) is 1.85. The van der Waals surface area contributed by atoms with Crippen LogP contribution in [0.25, 0.3) is 0 Å². The van der Waals surface area contributed by atoms with E-state index < -0.39 is 0 Å². The Morgan fingerprint density at radius 2 is 2.11 bits per heavy atom. The first kappa shape index (κ1) is 13.2. The summed E-state index contributed by atoms with van der Waals surface area (Å²) in [5, 5.41) is 3.19. The van der Waals surface area contributed by atoms with E-state index in [1.54, 1.807) is 18.5 Å². The lowest BCUT2D eigenvalue weighted by Crippen LogP contribution is -2.18. The SMILES string of the molecule is CNC(c1cncc(C)c1)c1cccc(F)c1Br. The summed E-state index contributed by atoms with van der Waals surface area (Å²) < 4.78 is 14.1. The Bertz CT molecular complexity index is 557. The molecule has 0 aliphatic carbocycles. The lowest BCUT2D eigenvalue weighted by molar-refractivity contribution is 0.608. The summed E-state index contributed by atoms with van der Waals surface area (Å²) >= 11 is 3.30. The molecule has 0 aliphatic rings. The average molecular weight is 309 g/mol. The van der Waals surface area contributed by atoms with E-state index in [1.165, 1.54) is 6.07 Å². The maximum atomic E-state index is 13.6. The second-order valence-electron chi connectivity index (χ2n) is 4.16. The van der Waals surface area contributed by atoms with Crippen LogP contribution in [0.3, 0.4) is 0 Å². The first-order chi connectivity index (χ1) is 8.63. The van der Waals surface area contributed by atoms with Crippen molar-refractivity contribution >= 4 is 15.9 Å². The number of aromatic nitrogens is 1. The molecule has 1 unspecified atom stereocenters. The molecule has 0 spiro atoms. The minimum absolute atomic E-state index is 0.0810. The largest absolute Gasteiger partial charge is 0.309 e. The lowest BCUT2D eigenvalue weighted by Gasteiger charge is -2.19. The molecule has 1 aromatic carbocycles. The molecule has 2 aromatic rings. The quantitative estimate of drug-likeness (QED) is 0.937. The van der Waals surface area contributed by atoms with Crippen LogP contribution >= 0.6 is 15.9 Å². The fourth-order valence-electron chi connectivity index (χ4n) is 1.98. The van der Waals surface area contributed by atoms with Crippen molar-refractivity contribution in [2.45, 2.75) is 13.0 Å². The third-order valence-corrected chi connectivity index (χ3v) is 3.65. The molecule has 18 heavy (non-hydrogen) atoms. The predicted octanol–water partition coefficient (Wildman–Crippen LogP) is 3.60. The first-order valence-electron chi connectivity index (χ1n) is 5.66. The molecule has 2 rings (SSSR count). The molecule has 1 N–H and O–H groups in total. The molecule has 0 bridgehead atoms. The highest BCUT2D eigenvalue weighted by atomic mass is 79.9. The maximum Gasteiger partial charge on any atom is 0.137 e. The minimum Gasteiger partial charge on any atom is -0.309 e. The van der Waals surface area contributed by atoms with Gasteiger partial charge in [0.05, 0.1) is 10.5 Å². The number of nitrogens with zero attached hydrogens (tertiary/aromatic N) is 1. The second kappa shape index (κ2) is 5.59. The van der Waals surface area contributed by atoms with Crippen LogP contribution in [-0.2, 0) is 0 Å². The molecule has 2 nitrogen and oxygen atoms in total. The van der Waals surface area contributed by atoms with Gasteiger partial charge in [-0.05, 0) is 52.7 Å². The molecule has 1 atom stereocenters. The van der Waals surface area contributed by atoms with Gasteiger partial charge in [-0.25, -0.2) is 4.39 Å². The van der Waals surface area contributed by atoms with Gasteiger partial charge in [0.25, 0.3) is 0 Å². The first-order valence-corrected chi connectivity index (χ1v) is 6.45. The molecule has 4 heteroatoms. The van der Waals surface area contributed by atoms with Crippen LogP contribution in [0.15, 0.2) is 41.1 Å². The maximum absolute atomic E-state index is 13.6. The van der Waals surface area contributed by atoms with Gasteiger partial charge in [-0.2, -0.15) is 0 Å². The number of nitrogens with one attached hydrogen (secondary N) is 1. The van der Waals surface area contributed by atoms with E-state index in [9.17, 15) is 4.39 Å². The molecule has 0 amide bonds. The Hall–Kier alpha value is -1.26. The van der Waals surface area contributed by atoms with Crippen LogP contribution in [-0.4, -0.2) is 12.0 Å². The highest BCUT2D eigenvalue weighted by Crippen LogP contribution is 2.30. The van der Waals surface area contributed by atoms with Gasteiger partial charge in [0.2, 0.25) is 0 Å². The highest BCUT2D eigenvalue weighted by molar-refractivity contribution is 9.10. The standard InChI is InChI=1S/C14H14BrFN2/c1-9-6-10(8-18-7-9)14(17-2)11-4-3-5-12(16)13(11)15/h3-8,14,17H,1-2H3. The van der Waals surface area contributed by atoms with Gasteiger partial charge >= 0.3 is 0 Å². The summed E-state index contributed by atoms with van der Waals surface area (Å²) in [4.78, 5) is 4.18. The van der Waals surface area contributed by atoms with Crippen molar-refractivity contribution in [3.05, 3.63) is 63.6 Å². The van der Waals surface area contributed by atoms with Crippen molar-refractivity contribution in [1.82, 2.24) is 10.3 Å². The van der Waals surface area contributed by atoms with E-state index in [0.29, 0.717) is 4.47 Å². The molecular formula is C14H14BrFN2. The van der Waals surface area contributed by atoms with Crippen LogP contribution in [0.2, 0.25) is 0 Å². The molecule has 94 valence electrons. The summed E-state index contributed by atoms with van der Waals surface area (Å²) in [5.74, 6) is -0.256. The topological polar surface area (TPSA) is 24.9 Å². The van der Waals surface area contributed by atoms with Gasteiger partial charge in [-0.1, -0.05) is 18.2 Å². The molecule has 0 saturated carbocycles. The van der Waals surface area contributed by atoms with E-state index in [-0.39, 0.29) is 11.9 Å². The Morgan fingerprint density at radius 3 is 2.78 bits per heavy atom. The van der Waals surface area contributed by atoms with Gasteiger partial charge in [-0.15, -0.1) is 0 Å². The molecule has 0 aliphatic heterocycles. The monoisotopic (exact) mass is 308 g/mol. The van der Waals surface area contributed by atoms with Gasteiger partial charge in [0.1, 0.15) is 5.82 Å². The molecular weight excluding hydrogens is 295 g/mol. The average Bonchev–Trinajstić information content (AvgIpc) is 2.35. The van der Waals surface area contributed by atoms with Crippen LogP contribution in [0.1, 0.15) is 22.7 Å². The molecule has 0 saturated heterocycles. The van der Waals surface area contributed by atoms with Crippen LogP contribution in [0, 0.1) is 12.7 Å². The smallest absolute Gasteiger partial charge is 0.137 e. The molecule has 0 radical (unpaired) electrons. The Balaban J connectivity index is 2.49. The van der Waals surface area contributed by atoms with E-state index in [4.69, 9.17) is 0 Å². The van der Waals surface area contributed by atoms with Gasteiger partial charge in [0.15, 0.2) is 0 Å². The Kier molecular flexibility index (Phi) is 4.09. The van der Waals surface area contributed by atoms with E-state index in [2.05, 4.69) is 26.2 Å². The summed E-state index contributed by atoms with van der Waals surface area (Å²) in [6.45, 7) is 1.99. The predicted molar refractivity (Wildman–Crippen MR) is 74.0 cm³/mol. The summed E-state index contributed by atoms with van der Waals surface area (Å²) in [5.41, 5.74) is 2.97. The number of pyridine rings is 1. The Labute approximate surface area is 114 Å². The van der Waals surface area contributed by atoms with Crippen LogP contribution in [0.5, 0.6) is 0 Å². The van der Waals surface area contributed by atoms with Crippen LogP contribution < -0.4 is 5.32 Å². The fourth-order valence-corrected chi connectivity index (χ4v) is 2.47. The lowest BCUT2D eigenvalue weighted by atomic mass is 9.99. The van der Waals surface area contributed by atoms with Crippen LogP contribution in [0.4, 0.5) is 4.39 Å². The third-order valence-electron chi connectivity index (χ3n) is 2.81. The fraction of sp³-hybridized carbons (Fsp3) is 0.214.